The number of anilines is 3. The Kier molecular flexibility index (Phi) is 2.81. The second-order valence-corrected chi connectivity index (χ2v) is 4.71. The average Bonchev–Trinajstić information content (AvgIpc) is 2.78. The number of nitrogens with zero attached hydrogens (tertiary/aromatic N) is 2. The third-order valence-electron chi connectivity index (χ3n) is 3.35. The molecule has 20 heavy (non-hydrogen) atoms. The number of nitrogen functional groups attached to an aromatic ring is 1. The number of fused-ring (bicyclic) bond motifs is 1. The van der Waals surface area contributed by atoms with Crippen LogP contribution < -0.4 is 11.1 Å². The molecule has 0 aliphatic rings. The monoisotopic (exact) mass is 262 g/mol. The van der Waals surface area contributed by atoms with E-state index < -0.39 is 0 Å². The summed E-state index contributed by atoms with van der Waals surface area (Å²) in [4.78, 5) is 0. The fraction of sp³-hybridized carbons (Fsp3) is 0.0625. The van der Waals surface area contributed by atoms with Crippen molar-refractivity contribution < 1.29 is 0 Å². The smallest absolute Gasteiger partial charge is 0.0992 e. The van der Waals surface area contributed by atoms with E-state index in [4.69, 9.17) is 11.0 Å². The van der Waals surface area contributed by atoms with Crippen LogP contribution in [0, 0.1) is 11.3 Å². The Bertz CT molecular complexity index is 824. The number of aryl methyl sites for hydroxylation is 1. The van der Waals surface area contributed by atoms with Crippen molar-refractivity contribution in [1.29, 1.82) is 5.26 Å². The maximum absolute atomic E-state index is 8.86. The number of aromatic nitrogens is 1. The molecular weight excluding hydrogens is 248 g/mol. The van der Waals surface area contributed by atoms with Crippen molar-refractivity contribution in [3.8, 4) is 6.07 Å². The molecule has 3 rings (SSSR count). The van der Waals surface area contributed by atoms with E-state index in [2.05, 4.69) is 28.1 Å². The second kappa shape index (κ2) is 4.63. The van der Waals surface area contributed by atoms with Crippen LogP contribution in [0.25, 0.3) is 10.9 Å². The molecule has 3 N–H and O–H groups in total. The molecule has 0 aliphatic carbocycles. The highest BCUT2D eigenvalue weighted by Gasteiger charge is 2.07. The minimum atomic E-state index is 0.561. The van der Waals surface area contributed by atoms with Gasteiger partial charge in [0.05, 0.1) is 28.7 Å². The van der Waals surface area contributed by atoms with Gasteiger partial charge in [0.15, 0.2) is 0 Å². The molecule has 0 unspecified atom stereocenters. The normalized spacial score (nSPS) is 10.4. The number of hydrogen-bond donors (Lipinski definition) is 2. The number of hydrogen-bond acceptors (Lipinski definition) is 3. The molecule has 4 nitrogen and oxygen atoms in total. The lowest BCUT2D eigenvalue weighted by molar-refractivity contribution is 0.970. The molecule has 1 aromatic heterocycles. The Morgan fingerprint density at radius 1 is 1.15 bits per heavy atom. The van der Waals surface area contributed by atoms with Gasteiger partial charge >= 0.3 is 0 Å². The Morgan fingerprint density at radius 3 is 2.70 bits per heavy atom. The average molecular weight is 262 g/mol. The number of nitrogens with two attached hydrogens (primary N) is 1. The molecule has 1 heterocycles. The van der Waals surface area contributed by atoms with E-state index in [9.17, 15) is 0 Å². The second-order valence-electron chi connectivity index (χ2n) is 4.71. The SMILES string of the molecule is Cn1cc(Nc2ccc(C#N)cc2N)c2ccccc21. The van der Waals surface area contributed by atoms with Gasteiger partial charge < -0.3 is 15.6 Å². The van der Waals surface area contributed by atoms with Gasteiger partial charge in [0.2, 0.25) is 0 Å². The van der Waals surface area contributed by atoms with Crippen molar-refractivity contribution in [2.75, 3.05) is 11.1 Å². The lowest BCUT2D eigenvalue weighted by Crippen LogP contribution is -1.96. The molecule has 0 atom stereocenters. The Morgan fingerprint density at radius 2 is 1.95 bits per heavy atom. The van der Waals surface area contributed by atoms with Gasteiger partial charge in [-0.15, -0.1) is 0 Å². The predicted octanol–water partition coefficient (Wildman–Crippen LogP) is 3.38. The molecule has 0 saturated carbocycles. The van der Waals surface area contributed by atoms with Crippen molar-refractivity contribution in [3.05, 3.63) is 54.2 Å². The molecule has 2 aromatic carbocycles. The third-order valence-corrected chi connectivity index (χ3v) is 3.35. The first-order valence-corrected chi connectivity index (χ1v) is 6.30. The van der Waals surface area contributed by atoms with Gasteiger partial charge in [-0.05, 0) is 24.3 Å². The molecule has 0 saturated heterocycles. The summed E-state index contributed by atoms with van der Waals surface area (Å²) in [5.74, 6) is 0. The maximum atomic E-state index is 8.86. The number of rotatable bonds is 2. The van der Waals surface area contributed by atoms with Crippen LogP contribution in [0.1, 0.15) is 5.56 Å². The van der Waals surface area contributed by atoms with Gasteiger partial charge in [-0.3, -0.25) is 0 Å². The van der Waals surface area contributed by atoms with Crippen molar-refractivity contribution >= 4 is 28.0 Å². The molecule has 0 radical (unpaired) electrons. The summed E-state index contributed by atoms with van der Waals surface area (Å²) in [5.41, 5.74) is 10.1. The van der Waals surface area contributed by atoms with Crippen molar-refractivity contribution in [2.45, 2.75) is 0 Å². The predicted molar refractivity (Wildman–Crippen MR) is 81.8 cm³/mol. The van der Waals surface area contributed by atoms with Crippen LogP contribution in [0.3, 0.4) is 0 Å². The highest BCUT2D eigenvalue weighted by Crippen LogP contribution is 2.30. The zero-order chi connectivity index (χ0) is 14.1. The molecule has 0 aliphatic heterocycles. The highest BCUT2D eigenvalue weighted by molar-refractivity contribution is 5.95. The van der Waals surface area contributed by atoms with Crippen LogP contribution in [0.2, 0.25) is 0 Å². The first-order valence-electron chi connectivity index (χ1n) is 6.30. The van der Waals surface area contributed by atoms with E-state index in [1.54, 1.807) is 12.1 Å². The third kappa shape index (κ3) is 1.95. The molecule has 4 heteroatoms. The molecule has 0 fully saturated rings. The van der Waals surface area contributed by atoms with Gasteiger partial charge in [-0.2, -0.15) is 5.26 Å². The van der Waals surface area contributed by atoms with E-state index in [1.807, 2.05) is 31.4 Å². The minimum absolute atomic E-state index is 0.561. The molecule has 0 amide bonds. The first-order chi connectivity index (χ1) is 9.69. The van der Waals surface area contributed by atoms with Crippen LogP contribution >= 0.6 is 0 Å². The first kappa shape index (κ1) is 12.1. The van der Waals surface area contributed by atoms with Crippen LogP contribution in [0.15, 0.2) is 48.7 Å². The van der Waals surface area contributed by atoms with E-state index in [-0.39, 0.29) is 0 Å². The molecular formula is C16H14N4. The standard InChI is InChI=1S/C16H14N4/c1-20-10-15(12-4-2-3-5-16(12)20)19-14-7-6-11(9-17)8-13(14)18/h2-8,10,19H,18H2,1H3. The van der Waals surface area contributed by atoms with E-state index in [1.165, 1.54) is 0 Å². The van der Waals surface area contributed by atoms with E-state index in [0.29, 0.717) is 11.3 Å². The fourth-order valence-corrected chi connectivity index (χ4v) is 2.33. The summed E-state index contributed by atoms with van der Waals surface area (Å²) in [6, 6.07) is 15.5. The van der Waals surface area contributed by atoms with Gasteiger partial charge in [0.1, 0.15) is 0 Å². The lowest BCUT2D eigenvalue weighted by atomic mass is 10.1. The highest BCUT2D eigenvalue weighted by atomic mass is 15.0. The summed E-state index contributed by atoms with van der Waals surface area (Å²) >= 11 is 0. The van der Waals surface area contributed by atoms with Crippen LogP contribution in [-0.2, 0) is 7.05 Å². The van der Waals surface area contributed by atoms with E-state index >= 15 is 0 Å². The summed E-state index contributed by atoms with van der Waals surface area (Å²) in [6.45, 7) is 0. The zero-order valence-corrected chi connectivity index (χ0v) is 11.1. The van der Waals surface area contributed by atoms with Gasteiger partial charge in [-0.25, -0.2) is 0 Å². The molecule has 98 valence electrons. The quantitative estimate of drug-likeness (QED) is 0.696. The number of benzene rings is 2. The number of para-hydroxylation sites is 1. The Hall–Kier alpha value is -2.93. The van der Waals surface area contributed by atoms with Gasteiger partial charge in [0, 0.05) is 24.1 Å². The van der Waals surface area contributed by atoms with Crippen LogP contribution in [0.4, 0.5) is 17.1 Å². The van der Waals surface area contributed by atoms with Crippen molar-refractivity contribution in [2.24, 2.45) is 7.05 Å². The van der Waals surface area contributed by atoms with Gasteiger partial charge in [-0.1, -0.05) is 18.2 Å². The minimum Gasteiger partial charge on any atom is -0.397 e. The number of nitriles is 1. The molecule has 3 aromatic rings. The molecule has 0 spiro atoms. The molecule has 0 bridgehead atoms. The van der Waals surface area contributed by atoms with E-state index in [0.717, 1.165) is 22.3 Å². The van der Waals surface area contributed by atoms with Crippen molar-refractivity contribution in [3.63, 3.8) is 0 Å². The number of nitrogens with one attached hydrogen (secondary N) is 1. The van der Waals surface area contributed by atoms with Crippen LogP contribution in [-0.4, -0.2) is 4.57 Å². The summed E-state index contributed by atoms with van der Waals surface area (Å²) in [5, 5.41) is 13.3. The van der Waals surface area contributed by atoms with Crippen LogP contribution in [0.5, 0.6) is 0 Å². The maximum Gasteiger partial charge on any atom is 0.0992 e. The topological polar surface area (TPSA) is 66.8 Å². The van der Waals surface area contributed by atoms with Gasteiger partial charge in [0.25, 0.3) is 0 Å². The zero-order valence-electron chi connectivity index (χ0n) is 11.1. The van der Waals surface area contributed by atoms with Crippen molar-refractivity contribution in [1.82, 2.24) is 4.57 Å². The summed E-state index contributed by atoms with van der Waals surface area (Å²) in [7, 11) is 2.01. The lowest BCUT2D eigenvalue weighted by Gasteiger charge is -2.08. The fourth-order valence-electron chi connectivity index (χ4n) is 2.33. The Labute approximate surface area is 117 Å². The largest absolute Gasteiger partial charge is 0.397 e. The summed E-state index contributed by atoms with van der Waals surface area (Å²) < 4.78 is 2.07. The Balaban J connectivity index is 2.04. The summed E-state index contributed by atoms with van der Waals surface area (Å²) in [6.07, 6.45) is 2.03.